The van der Waals surface area contributed by atoms with Gasteiger partial charge in [-0.3, -0.25) is 19.2 Å². The first-order chi connectivity index (χ1) is 18.1. The molecule has 3 aliphatic carbocycles. The van der Waals surface area contributed by atoms with Crippen LogP contribution in [0, 0.1) is 29.1 Å². The summed E-state index contributed by atoms with van der Waals surface area (Å²) < 4.78 is 3.99. The fourth-order valence-corrected chi connectivity index (χ4v) is 8.51. The lowest BCUT2D eigenvalue weighted by atomic mass is 9.43. The molecule has 3 fully saturated rings. The molecule has 8 nitrogen and oxygen atoms in total. The van der Waals surface area contributed by atoms with Gasteiger partial charge >= 0.3 is 5.97 Å². The Hall–Kier alpha value is -3.59. The summed E-state index contributed by atoms with van der Waals surface area (Å²) in [5.41, 5.74) is -0.00710. The highest BCUT2D eigenvalue weighted by Crippen LogP contribution is 2.72. The Bertz CT molecular complexity index is 1370. The van der Waals surface area contributed by atoms with Crippen LogP contribution in [0.3, 0.4) is 0 Å². The molecule has 1 saturated carbocycles. The van der Waals surface area contributed by atoms with Gasteiger partial charge in [-0.2, -0.15) is 0 Å². The van der Waals surface area contributed by atoms with E-state index in [4.69, 9.17) is 4.74 Å². The zero-order valence-corrected chi connectivity index (χ0v) is 22.6. The van der Waals surface area contributed by atoms with Crippen LogP contribution < -0.4 is 9.80 Å². The molecular weight excluding hydrogens is 552 g/mol. The molecule has 5 aliphatic rings. The molecule has 2 aromatic rings. The van der Waals surface area contributed by atoms with Gasteiger partial charge in [0.1, 0.15) is 0 Å². The van der Waals surface area contributed by atoms with Crippen LogP contribution in [-0.2, 0) is 28.7 Å². The normalized spacial score (nSPS) is 33.7. The zero-order valence-electron chi connectivity index (χ0n) is 21.0. The molecule has 194 valence electrons. The number of allylic oxidation sites excluding steroid dienone is 1. The van der Waals surface area contributed by atoms with Crippen LogP contribution in [0.5, 0.6) is 0 Å². The summed E-state index contributed by atoms with van der Waals surface area (Å²) in [6, 6.07) is 17.1. The molecule has 2 saturated heterocycles. The van der Waals surface area contributed by atoms with Crippen molar-refractivity contribution in [3.05, 3.63) is 71.8 Å². The van der Waals surface area contributed by atoms with E-state index >= 15 is 0 Å². The minimum Gasteiger partial charge on any atom is -0.463 e. The summed E-state index contributed by atoms with van der Waals surface area (Å²) in [5.74, 6) is -6.66. The zero-order chi connectivity index (χ0) is 27.1. The summed E-state index contributed by atoms with van der Waals surface area (Å²) >= 11 is 3.77. The monoisotopic (exact) mass is 576 g/mol. The number of hydrogen-bond acceptors (Lipinski definition) is 6. The molecule has 0 spiro atoms. The van der Waals surface area contributed by atoms with Crippen LogP contribution >= 0.6 is 15.9 Å². The van der Waals surface area contributed by atoms with Crippen molar-refractivity contribution < 1.29 is 28.7 Å². The molecule has 2 heterocycles. The molecule has 4 amide bonds. The topological polar surface area (TPSA) is 101 Å². The van der Waals surface area contributed by atoms with Gasteiger partial charge in [0.2, 0.25) is 23.6 Å². The highest BCUT2D eigenvalue weighted by molar-refractivity contribution is 9.10. The number of imide groups is 2. The first-order valence-corrected chi connectivity index (χ1v) is 13.3. The third-order valence-electron chi connectivity index (χ3n) is 8.81. The van der Waals surface area contributed by atoms with Crippen molar-refractivity contribution in [3.63, 3.8) is 0 Å². The lowest BCUT2D eigenvalue weighted by molar-refractivity contribution is -0.152. The second-order valence-corrected chi connectivity index (χ2v) is 11.7. The van der Waals surface area contributed by atoms with Crippen LogP contribution in [0.15, 0.2) is 71.8 Å². The van der Waals surface area contributed by atoms with E-state index in [9.17, 15) is 24.0 Å². The van der Waals surface area contributed by atoms with Gasteiger partial charge < -0.3 is 4.74 Å². The smallest absolute Gasteiger partial charge is 0.334 e. The Morgan fingerprint density at radius 3 is 1.58 bits per heavy atom. The number of carbonyl (C=O) groups excluding carboxylic acids is 5. The minimum atomic E-state index is -1.45. The van der Waals surface area contributed by atoms with E-state index in [0.717, 1.165) is 9.80 Å². The van der Waals surface area contributed by atoms with E-state index in [2.05, 4.69) is 15.9 Å². The van der Waals surface area contributed by atoms with Crippen LogP contribution in [0.1, 0.15) is 20.8 Å². The largest absolute Gasteiger partial charge is 0.463 e. The van der Waals surface area contributed by atoms with Crippen LogP contribution in [0.2, 0.25) is 0 Å². The van der Waals surface area contributed by atoms with Gasteiger partial charge in [-0.05, 0) is 43.7 Å². The minimum absolute atomic E-state index is 0.0925. The Morgan fingerprint density at radius 1 is 0.789 bits per heavy atom. The second-order valence-electron chi connectivity index (χ2n) is 10.4. The number of nitrogens with zero attached hydrogens (tertiary/aromatic N) is 2. The number of para-hydroxylation sites is 2. The summed E-state index contributed by atoms with van der Waals surface area (Å²) in [4.78, 5) is 72.2. The highest BCUT2D eigenvalue weighted by atomic mass is 79.9. The number of halogens is 1. The number of amides is 4. The maximum absolute atomic E-state index is 14.1. The van der Waals surface area contributed by atoms with Crippen molar-refractivity contribution in [2.75, 3.05) is 16.4 Å². The number of alkyl halides is 1. The van der Waals surface area contributed by atoms with Crippen LogP contribution in [0.25, 0.3) is 0 Å². The Morgan fingerprint density at radius 2 is 1.18 bits per heavy atom. The highest BCUT2D eigenvalue weighted by Gasteiger charge is 2.81. The lowest BCUT2D eigenvalue weighted by Crippen LogP contribution is -2.67. The Balaban J connectivity index is 1.61. The van der Waals surface area contributed by atoms with Gasteiger partial charge in [-0.25, -0.2) is 14.6 Å². The lowest BCUT2D eigenvalue weighted by Gasteiger charge is -2.59. The maximum atomic E-state index is 14.1. The third-order valence-corrected chi connectivity index (χ3v) is 10.4. The number of carbonyl (C=O) groups is 5. The fraction of sp³-hybridized carbons (Fsp3) is 0.345. The predicted molar refractivity (Wildman–Crippen MR) is 141 cm³/mol. The van der Waals surface area contributed by atoms with Crippen molar-refractivity contribution in [2.24, 2.45) is 29.1 Å². The standard InChI is InChI=1S/C29H25BrN2O6/c1-4-38-27(37)18-15(2)29(30)21-19(23(33)31(25(21)35)16-11-7-5-8-12-16)28(18,3)20-22(29)26(36)32(24(20)34)17-13-9-6-10-14-17/h5-14,19-22H,4H2,1-3H3/t19-,20-,21+,22+,28?,29?/m1/s1. The van der Waals surface area contributed by atoms with Gasteiger partial charge in [0, 0.05) is 11.0 Å². The third kappa shape index (κ3) is 2.77. The summed E-state index contributed by atoms with van der Waals surface area (Å²) in [6.45, 7) is 5.13. The molecule has 2 bridgehead atoms. The Labute approximate surface area is 227 Å². The van der Waals surface area contributed by atoms with E-state index in [1.807, 2.05) is 0 Å². The second kappa shape index (κ2) is 8.20. The van der Waals surface area contributed by atoms with Gasteiger partial charge in [0.05, 0.1) is 46.0 Å². The SMILES string of the molecule is CCOC(=O)C1=C(C)C2(Br)[C@@H]3C(=O)N(c4ccccc4)C(=O)[C@@H]3C1(C)[C@H]1C(=O)N(c3ccccc3)C(=O)[C@H]12. The number of benzene rings is 2. The van der Waals surface area contributed by atoms with Crippen LogP contribution in [0.4, 0.5) is 11.4 Å². The van der Waals surface area contributed by atoms with Crippen molar-refractivity contribution in [1.82, 2.24) is 0 Å². The van der Waals surface area contributed by atoms with E-state index in [0.29, 0.717) is 16.9 Å². The van der Waals surface area contributed by atoms with Crippen molar-refractivity contribution in [3.8, 4) is 0 Å². The van der Waals surface area contributed by atoms with E-state index in [1.165, 1.54) is 0 Å². The average molecular weight is 577 g/mol. The molecule has 2 aromatic carbocycles. The number of esters is 1. The van der Waals surface area contributed by atoms with Crippen LogP contribution in [-0.4, -0.2) is 40.5 Å². The molecule has 0 N–H and O–H groups in total. The van der Waals surface area contributed by atoms with E-state index in [1.54, 1.807) is 81.4 Å². The molecule has 4 atom stereocenters. The number of anilines is 2. The van der Waals surface area contributed by atoms with Crippen molar-refractivity contribution in [2.45, 2.75) is 25.1 Å². The molecule has 9 heteroatoms. The van der Waals surface area contributed by atoms with Gasteiger partial charge in [0.25, 0.3) is 0 Å². The number of ether oxygens (including phenoxy) is 1. The van der Waals surface area contributed by atoms with Gasteiger partial charge in [-0.15, -0.1) is 0 Å². The van der Waals surface area contributed by atoms with E-state index in [-0.39, 0.29) is 12.2 Å². The van der Waals surface area contributed by atoms with Gasteiger partial charge in [-0.1, -0.05) is 59.3 Å². The maximum Gasteiger partial charge on any atom is 0.334 e. The quantitative estimate of drug-likeness (QED) is 0.313. The Kier molecular flexibility index (Phi) is 5.34. The molecule has 7 rings (SSSR count). The average Bonchev–Trinajstić information content (AvgIpc) is 3.34. The molecule has 38 heavy (non-hydrogen) atoms. The molecule has 0 aromatic heterocycles. The molecule has 2 aliphatic heterocycles. The number of rotatable bonds is 4. The molecule has 0 unspecified atom stereocenters. The summed E-state index contributed by atoms with van der Waals surface area (Å²) in [5, 5.41) is 0. The first-order valence-electron chi connectivity index (χ1n) is 12.5. The predicted octanol–water partition coefficient (Wildman–Crippen LogP) is 3.64. The van der Waals surface area contributed by atoms with Crippen molar-refractivity contribution in [1.29, 1.82) is 0 Å². The first kappa shape index (κ1) is 24.7. The fourth-order valence-electron chi connectivity index (χ4n) is 7.39. The van der Waals surface area contributed by atoms with Crippen molar-refractivity contribution >= 4 is 56.9 Å². The summed E-state index contributed by atoms with van der Waals surface area (Å²) in [7, 11) is 0. The number of hydrogen-bond donors (Lipinski definition) is 0. The molecular formula is C29H25BrN2O6. The summed E-state index contributed by atoms with van der Waals surface area (Å²) in [6.07, 6.45) is 0. The molecule has 0 radical (unpaired) electrons. The van der Waals surface area contributed by atoms with E-state index < -0.39 is 63.0 Å². The van der Waals surface area contributed by atoms with Gasteiger partial charge in [0.15, 0.2) is 0 Å².